The number of aliphatic hydroxyl groups excluding tert-OH is 4. The van der Waals surface area contributed by atoms with Crippen LogP contribution in [0.25, 0.3) is 0 Å². The average Bonchev–Trinajstić information content (AvgIpc) is 2.43. The SMILES string of the molecule is N[C@@H](C=O)[C@@H](O)[C@H](O)[C@H](O)CO.N[C@@H](CS)C(=O)O. The molecule has 0 unspecified atom stereocenters. The maximum absolute atomic E-state index is 10.0. The summed E-state index contributed by atoms with van der Waals surface area (Å²) in [5.41, 5.74) is 9.98. The highest BCUT2D eigenvalue weighted by molar-refractivity contribution is 7.80. The number of hydrogen-bond acceptors (Lipinski definition) is 9. The van der Waals surface area contributed by atoms with Crippen LogP contribution in [0.5, 0.6) is 0 Å². The molecule has 0 aromatic carbocycles. The Morgan fingerprint density at radius 3 is 1.89 bits per heavy atom. The van der Waals surface area contributed by atoms with Crippen molar-refractivity contribution in [3.8, 4) is 0 Å². The van der Waals surface area contributed by atoms with E-state index in [0.29, 0.717) is 0 Å². The predicted molar refractivity (Wildman–Crippen MR) is 68.6 cm³/mol. The Hall–Kier alpha value is -0.750. The Balaban J connectivity index is 0. The first kappa shape index (κ1) is 20.6. The maximum atomic E-state index is 10.0. The molecule has 0 amide bonds. The third-order valence-corrected chi connectivity index (χ3v) is 2.39. The Bertz CT molecular complexity index is 269. The lowest BCUT2D eigenvalue weighted by molar-refractivity contribution is -0.137. The molecule has 10 heteroatoms. The van der Waals surface area contributed by atoms with Crippen molar-refractivity contribution in [1.82, 2.24) is 0 Å². The van der Waals surface area contributed by atoms with E-state index >= 15 is 0 Å². The Labute approximate surface area is 115 Å². The minimum absolute atomic E-state index is 0.190. The quantitative estimate of drug-likeness (QED) is 0.171. The smallest absolute Gasteiger partial charge is 0.321 e. The number of carboxylic acid groups (broad SMARTS) is 1. The van der Waals surface area contributed by atoms with Gasteiger partial charge in [0.1, 0.15) is 30.6 Å². The first-order chi connectivity index (χ1) is 8.72. The number of carbonyl (C=O) groups excluding carboxylic acids is 1. The van der Waals surface area contributed by atoms with Gasteiger partial charge in [0, 0.05) is 5.75 Å². The summed E-state index contributed by atoms with van der Waals surface area (Å²) in [6.07, 6.45) is -4.43. The van der Waals surface area contributed by atoms with Gasteiger partial charge in [0.2, 0.25) is 0 Å². The molecule has 19 heavy (non-hydrogen) atoms. The molecule has 0 aromatic heterocycles. The number of thiol groups is 1. The molecule has 0 fully saturated rings. The van der Waals surface area contributed by atoms with Gasteiger partial charge >= 0.3 is 5.97 Å². The van der Waals surface area contributed by atoms with E-state index in [1.807, 2.05) is 0 Å². The fourth-order valence-corrected chi connectivity index (χ4v) is 0.878. The molecule has 0 aliphatic rings. The van der Waals surface area contributed by atoms with Crippen LogP contribution in [-0.2, 0) is 9.59 Å². The second-order valence-electron chi connectivity index (χ2n) is 3.57. The standard InChI is InChI=1S/C6H13NO5.C3H7NO2S/c7-3(1-8)5(11)6(12)4(10)2-9;4-2(1-7)3(5)6/h1,3-6,9-12H,2,7H2;2,7H,1,4H2,(H,5,6)/t3-,4+,5+,6+;2-/m00/s1. The van der Waals surface area contributed by atoms with Gasteiger partial charge in [0.25, 0.3) is 0 Å². The first-order valence-corrected chi connectivity index (χ1v) is 5.81. The third kappa shape index (κ3) is 8.88. The van der Waals surface area contributed by atoms with Gasteiger partial charge in [-0.3, -0.25) is 4.79 Å². The fraction of sp³-hybridized carbons (Fsp3) is 0.778. The van der Waals surface area contributed by atoms with Crippen LogP contribution >= 0.6 is 12.6 Å². The van der Waals surface area contributed by atoms with Crippen molar-refractivity contribution in [3.05, 3.63) is 0 Å². The number of hydrogen-bond donors (Lipinski definition) is 8. The maximum Gasteiger partial charge on any atom is 0.321 e. The number of carbonyl (C=O) groups is 2. The molecule has 9 N–H and O–H groups in total. The molecule has 114 valence electrons. The third-order valence-electron chi connectivity index (χ3n) is 2.00. The Morgan fingerprint density at radius 2 is 1.68 bits per heavy atom. The van der Waals surface area contributed by atoms with E-state index in [4.69, 9.17) is 37.0 Å². The first-order valence-electron chi connectivity index (χ1n) is 5.18. The van der Waals surface area contributed by atoms with Crippen LogP contribution in [0, 0.1) is 0 Å². The van der Waals surface area contributed by atoms with Gasteiger partial charge in [-0.25, -0.2) is 0 Å². The number of aliphatic carboxylic acids is 1. The molecule has 0 bridgehead atoms. The highest BCUT2D eigenvalue weighted by atomic mass is 32.1. The van der Waals surface area contributed by atoms with E-state index in [2.05, 4.69) is 12.6 Å². The van der Waals surface area contributed by atoms with Crippen LogP contribution in [0.1, 0.15) is 0 Å². The van der Waals surface area contributed by atoms with Gasteiger partial charge in [-0.2, -0.15) is 12.6 Å². The largest absolute Gasteiger partial charge is 0.480 e. The number of carboxylic acids is 1. The van der Waals surface area contributed by atoms with E-state index in [1.54, 1.807) is 0 Å². The second kappa shape index (κ2) is 11.1. The minimum atomic E-state index is -1.62. The van der Waals surface area contributed by atoms with Gasteiger partial charge in [-0.15, -0.1) is 0 Å². The molecule has 0 saturated carbocycles. The van der Waals surface area contributed by atoms with Gasteiger partial charge in [-0.1, -0.05) is 0 Å². The predicted octanol–water partition coefficient (Wildman–Crippen LogP) is -4.08. The van der Waals surface area contributed by atoms with Gasteiger partial charge in [0.15, 0.2) is 0 Å². The van der Waals surface area contributed by atoms with Crippen molar-refractivity contribution < 1.29 is 35.1 Å². The van der Waals surface area contributed by atoms with Crippen molar-refractivity contribution >= 4 is 24.9 Å². The van der Waals surface area contributed by atoms with Gasteiger partial charge in [-0.05, 0) is 0 Å². The highest BCUT2D eigenvalue weighted by Gasteiger charge is 2.28. The van der Waals surface area contributed by atoms with Crippen LogP contribution in [0.15, 0.2) is 0 Å². The molecule has 0 aliphatic carbocycles. The van der Waals surface area contributed by atoms with Gasteiger partial charge in [0.05, 0.1) is 12.6 Å². The second-order valence-corrected chi connectivity index (χ2v) is 3.94. The Morgan fingerprint density at radius 1 is 1.21 bits per heavy atom. The topological polar surface area (TPSA) is 187 Å². The molecule has 0 aromatic rings. The lowest BCUT2D eigenvalue weighted by Crippen LogP contribution is -2.49. The van der Waals surface area contributed by atoms with Crippen LogP contribution in [0.2, 0.25) is 0 Å². The van der Waals surface area contributed by atoms with E-state index in [-0.39, 0.29) is 12.0 Å². The molecule has 0 rings (SSSR count). The van der Waals surface area contributed by atoms with Crippen molar-refractivity contribution in [1.29, 1.82) is 0 Å². The van der Waals surface area contributed by atoms with Crippen LogP contribution in [-0.4, -0.2) is 80.5 Å². The summed E-state index contributed by atoms with van der Waals surface area (Å²) >= 11 is 3.65. The van der Waals surface area contributed by atoms with Crippen molar-refractivity contribution in [3.63, 3.8) is 0 Å². The summed E-state index contributed by atoms with van der Waals surface area (Å²) in [4.78, 5) is 19.8. The van der Waals surface area contributed by atoms with Crippen LogP contribution in [0.4, 0.5) is 0 Å². The number of aliphatic hydroxyl groups is 4. The molecule has 0 spiro atoms. The van der Waals surface area contributed by atoms with Gasteiger partial charge < -0.3 is 41.8 Å². The zero-order valence-electron chi connectivity index (χ0n) is 10.0. The lowest BCUT2D eigenvalue weighted by atomic mass is 10.0. The molecule has 0 aliphatic heterocycles. The number of aldehydes is 1. The molecule has 5 atom stereocenters. The van der Waals surface area contributed by atoms with Crippen molar-refractivity contribution in [2.75, 3.05) is 12.4 Å². The van der Waals surface area contributed by atoms with E-state index in [1.165, 1.54) is 0 Å². The summed E-state index contributed by atoms with van der Waals surface area (Å²) in [6, 6.07) is -2.08. The Kier molecular flexibility index (Phi) is 12.0. The molecular formula is C9H20N2O7S. The van der Waals surface area contributed by atoms with E-state index < -0.39 is 43.0 Å². The van der Waals surface area contributed by atoms with Crippen molar-refractivity contribution in [2.24, 2.45) is 11.5 Å². The summed E-state index contributed by atoms with van der Waals surface area (Å²) in [7, 11) is 0. The van der Waals surface area contributed by atoms with Crippen LogP contribution in [0.3, 0.4) is 0 Å². The molecule has 0 radical (unpaired) electrons. The molecule has 0 heterocycles. The summed E-state index contributed by atoms with van der Waals surface area (Å²) < 4.78 is 0. The van der Waals surface area contributed by atoms with Crippen molar-refractivity contribution in [2.45, 2.75) is 30.4 Å². The zero-order chi connectivity index (χ0) is 15.6. The molecular weight excluding hydrogens is 280 g/mol. The number of nitrogens with two attached hydrogens (primary N) is 2. The zero-order valence-corrected chi connectivity index (χ0v) is 10.9. The summed E-state index contributed by atoms with van der Waals surface area (Å²) in [5, 5.41) is 43.2. The lowest BCUT2D eigenvalue weighted by Gasteiger charge is -2.23. The summed E-state index contributed by atoms with van der Waals surface area (Å²) in [5.74, 6) is -0.815. The monoisotopic (exact) mass is 300 g/mol. The minimum Gasteiger partial charge on any atom is -0.480 e. The molecule has 0 saturated heterocycles. The molecule has 9 nitrogen and oxygen atoms in total. The van der Waals surface area contributed by atoms with E-state index in [0.717, 1.165) is 0 Å². The van der Waals surface area contributed by atoms with E-state index in [9.17, 15) is 9.59 Å². The highest BCUT2D eigenvalue weighted by Crippen LogP contribution is 2.01. The van der Waals surface area contributed by atoms with Crippen LogP contribution < -0.4 is 11.5 Å². The summed E-state index contributed by atoms with van der Waals surface area (Å²) in [6.45, 7) is -0.705. The normalized spacial score (nSPS) is 18.3. The fourth-order valence-electron chi connectivity index (χ4n) is 0.722. The number of rotatable bonds is 7. The average molecular weight is 300 g/mol.